The zero-order chi connectivity index (χ0) is 21.7. The second-order valence-corrected chi connectivity index (χ2v) is 6.74. The van der Waals surface area contributed by atoms with Crippen LogP contribution in [0.3, 0.4) is 0 Å². The summed E-state index contributed by atoms with van der Waals surface area (Å²) in [5, 5.41) is 5.12. The highest BCUT2D eigenvalue weighted by Gasteiger charge is 2.37. The summed E-state index contributed by atoms with van der Waals surface area (Å²) in [6, 6.07) is 12.6. The van der Waals surface area contributed by atoms with Crippen molar-refractivity contribution in [1.82, 2.24) is 10.3 Å². The number of amides is 2. The third kappa shape index (κ3) is 4.94. The van der Waals surface area contributed by atoms with Gasteiger partial charge in [-0.15, -0.1) is 0 Å². The maximum atomic E-state index is 13.7. The molecule has 3 aromatic rings. The number of aromatic nitrogens is 1. The third-order valence-corrected chi connectivity index (χ3v) is 4.44. The van der Waals surface area contributed by atoms with Crippen LogP contribution in [0.2, 0.25) is 0 Å². The molecule has 0 aliphatic heterocycles. The highest BCUT2D eigenvalue weighted by molar-refractivity contribution is 6.00. The van der Waals surface area contributed by atoms with E-state index in [0.717, 1.165) is 6.20 Å². The molecule has 156 valence electrons. The largest absolute Gasteiger partial charge is 0.417 e. The van der Waals surface area contributed by atoms with Crippen molar-refractivity contribution in [3.8, 4) is 0 Å². The second-order valence-electron chi connectivity index (χ2n) is 6.74. The van der Waals surface area contributed by atoms with Gasteiger partial charge in [-0.05, 0) is 30.2 Å². The topological polar surface area (TPSA) is 71.1 Å². The minimum absolute atomic E-state index is 0.000442. The van der Waals surface area contributed by atoms with E-state index in [1.165, 1.54) is 18.2 Å². The lowest BCUT2D eigenvalue weighted by Crippen LogP contribution is -2.26. The summed E-state index contributed by atoms with van der Waals surface area (Å²) in [4.78, 5) is 28.3. The van der Waals surface area contributed by atoms with Crippen LogP contribution in [0.4, 0.5) is 18.9 Å². The number of rotatable bonds is 6. The highest BCUT2D eigenvalue weighted by Crippen LogP contribution is 2.36. The summed E-state index contributed by atoms with van der Waals surface area (Å²) >= 11 is 0. The van der Waals surface area contributed by atoms with Crippen molar-refractivity contribution in [2.24, 2.45) is 0 Å². The molecule has 0 saturated carbocycles. The van der Waals surface area contributed by atoms with E-state index in [1.54, 1.807) is 30.3 Å². The lowest BCUT2D eigenvalue weighted by molar-refractivity contribution is -0.136. The molecule has 0 atom stereocenters. The van der Waals surface area contributed by atoms with Gasteiger partial charge in [0.1, 0.15) is 0 Å². The molecule has 5 nitrogen and oxygen atoms in total. The first kappa shape index (κ1) is 21.3. The van der Waals surface area contributed by atoms with Crippen LogP contribution in [0.15, 0.2) is 54.7 Å². The van der Waals surface area contributed by atoms with Gasteiger partial charge in [-0.3, -0.25) is 14.6 Å². The Morgan fingerprint density at radius 1 is 1.07 bits per heavy atom. The molecule has 1 aromatic heterocycles. The molecule has 0 bridgehead atoms. The Morgan fingerprint density at radius 3 is 2.57 bits per heavy atom. The Labute approximate surface area is 171 Å². The summed E-state index contributed by atoms with van der Waals surface area (Å²) in [6.07, 6.45) is -2.67. The van der Waals surface area contributed by atoms with Gasteiger partial charge >= 0.3 is 6.18 Å². The average molecular weight is 415 g/mol. The van der Waals surface area contributed by atoms with Crippen molar-refractivity contribution < 1.29 is 22.8 Å². The average Bonchev–Trinajstić information content (AvgIpc) is 2.70. The fraction of sp³-hybridized carbons (Fsp3) is 0.227. The van der Waals surface area contributed by atoms with E-state index in [4.69, 9.17) is 0 Å². The molecule has 0 spiro atoms. The van der Waals surface area contributed by atoms with Crippen molar-refractivity contribution in [2.45, 2.75) is 32.5 Å². The molecule has 0 aliphatic carbocycles. The quantitative estimate of drug-likeness (QED) is 0.600. The number of nitrogens with zero attached hydrogens (tertiary/aromatic N) is 1. The van der Waals surface area contributed by atoms with Gasteiger partial charge in [-0.25, -0.2) is 0 Å². The molecule has 8 heteroatoms. The standard InChI is InChI=1S/C22H20F3N3O2/c1-2-6-19(29)28-15-8-5-7-14(11-15)12-27-21(30)17-13-26-18-10-4-3-9-16(18)20(17)22(23,24)25/h3-5,7-11,13H,2,6,12H2,1H3,(H,27,30)(H,28,29). The van der Waals surface area contributed by atoms with Crippen molar-refractivity contribution in [3.05, 3.63) is 71.4 Å². The normalized spacial score (nSPS) is 11.3. The molecule has 0 saturated heterocycles. The summed E-state index contributed by atoms with van der Waals surface area (Å²) in [6.45, 7) is 1.89. The van der Waals surface area contributed by atoms with Crippen LogP contribution in [0.5, 0.6) is 0 Å². The lowest BCUT2D eigenvalue weighted by atomic mass is 10.0. The summed E-state index contributed by atoms with van der Waals surface area (Å²) in [5.74, 6) is -1.00. The Morgan fingerprint density at radius 2 is 1.83 bits per heavy atom. The molecule has 0 radical (unpaired) electrons. The van der Waals surface area contributed by atoms with Crippen LogP contribution in [-0.2, 0) is 17.5 Å². The first-order chi connectivity index (χ1) is 14.3. The van der Waals surface area contributed by atoms with Crippen molar-refractivity contribution in [2.75, 3.05) is 5.32 Å². The zero-order valence-corrected chi connectivity index (χ0v) is 16.2. The number of fused-ring (bicyclic) bond motifs is 1. The predicted molar refractivity (Wildman–Crippen MR) is 108 cm³/mol. The Bertz CT molecular complexity index is 1080. The van der Waals surface area contributed by atoms with Gasteiger partial charge in [0.2, 0.25) is 5.91 Å². The fourth-order valence-corrected chi connectivity index (χ4v) is 3.11. The summed E-state index contributed by atoms with van der Waals surface area (Å²) < 4.78 is 41.1. The molecule has 2 N–H and O–H groups in total. The number of para-hydroxylation sites is 1. The lowest BCUT2D eigenvalue weighted by Gasteiger charge is -2.15. The first-order valence-electron chi connectivity index (χ1n) is 9.41. The van der Waals surface area contributed by atoms with Gasteiger partial charge in [0.15, 0.2) is 0 Å². The molecule has 1 heterocycles. The summed E-state index contributed by atoms with van der Waals surface area (Å²) in [7, 11) is 0. The van der Waals surface area contributed by atoms with Gasteiger partial charge in [0.25, 0.3) is 5.91 Å². The Hall–Kier alpha value is -3.42. The van der Waals surface area contributed by atoms with Gasteiger partial charge < -0.3 is 10.6 Å². The number of anilines is 1. The number of hydrogen-bond acceptors (Lipinski definition) is 3. The van der Waals surface area contributed by atoms with Gasteiger partial charge in [-0.2, -0.15) is 13.2 Å². The molecule has 30 heavy (non-hydrogen) atoms. The van der Waals surface area contributed by atoms with Gasteiger partial charge in [-0.1, -0.05) is 37.3 Å². The van der Waals surface area contributed by atoms with Crippen LogP contribution in [0.1, 0.15) is 41.3 Å². The number of hydrogen-bond donors (Lipinski definition) is 2. The molecule has 3 rings (SSSR count). The maximum absolute atomic E-state index is 13.7. The van der Waals surface area contributed by atoms with Crippen LogP contribution in [0.25, 0.3) is 10.9 Å². The van der Waals surface area contributed by atoms with Crippen LogP contribution in [-0.4, -0.2) is 16.8 Å². The van der Waals surface area contributed by atoms with E-state index in [2.05, 4.69) is 15.6 Å². The Kier molecular flexibility index (Phi) is 6.34. The second kappa shape index (κ2) is 8.94. The van der Waals surface area contributed by atoms with E-state index < -0.39 is 23.2 Å². The maximum Gasteiger partial charge on any atom is 0.417 e. The van der Waals surface area contributed by atoms with E-state index >= 15 is 0 Å². The number of pyridine rings is 1. The molecular weight excluding hydrogens is 395 g/mol. The zero-order valence-electron chi connectivity index (χ0n) is 16.2. The van der Waals surface area contributed by atoms with E-state index in [0.29, 0.717) is 24.1 Å². The van der Waals surface area contributed by atoms with Gasteiger partial charge in [0, 0.05) is 30.2 Å². The minimum Gasteiger partial charge on any atom is -0.348 e. The molecule has 2 aromatic carbocycles. The van der Waals surface area contributed by atoms with Gasteiger partial charge in [0.05, 0.1) is 16.6 Å². The molecule has 0 aliphatic rings. The minimum atomic E-state index is -4.71. The number of carbonyl (C=O) groups excluding carboxylic acids is 2. The molecule has 2 amide bonds. The molecule has 0 fully saturated rings. The summed E-state index contributed by atoms with van der Waals surface area (Å²) in [5.41, 5.74) is -0.180. The number of halogens is 3. The first-order valence-corrected chi connectivity index (χ1v) is 9.41. The fourth-order valence-electron chi connectivity index (χ4n) is 3.11. The van der Waals surface area contributed by atoms with Crippen molar-refractivity contribution in [3.63, 3.8) is 0 Å². The number of carbonyl (C=O) groups is 2. The van der Waals surface area contributed by atoms with Crippen molar-refractivity contribution in [1.29, 1.82) is 0 Å². The highest BCUT2D eigenvalue weighted by atomic mass is 19.4. The van der Waals surface area contributed by atoms with E-state index in [1.807, 2.05) is 6.92 Å². The monoisotopic (exact) mass is 415 g/mol. The van der Waals surface area contributed by atoms with Crippen molar-refractivity contribution >= 4 is 28.4 Å². The van der Waals surface area contributed by atoms with E-state index in [9.17, 15) is 22.8 Å². The van der Waals surface area contributed by atoms with Crippen LogP contribution < -0.4 is 10.6 Å². The number of alkyl halides is 3. The smallest absolute Gasteiger partial charge is 0.348 e. The van der Waals surface area contributed by atoms with Crippen LogP contribution >= 0.6 is 0 Å². The Balaban J connectivity index is 1.80. The number of benzene rings is 2. The third-order valence-electron chi connectivity index (χ3n) is 4.44. The van der Waals surface area contributed by atoms with E-state index in [-0.39, 0.29) is 23.4 Å². The predicted octanol–water partition coefficient (Wildman–Crippen LogP) is 4.92. The number of nitrogens with one attached hydrogen (secondary N) is 2. The molecule has 0 unspecified atom stereocenters. The SMILES string of the molecule is CCCC(=O)Nc1cccc(CNC(=O)c2cnc3ccccc3c2C(F)(F)F)c1. The molecular formula is C22H20F3N3O2. The van der Waals surface area contributed by atoms with Crippen LogP contribution in [0, 0.1) is 0 Å².